The lowest BCUT2D eigenvalue weighted by atomic mass is 10.2. The van der Waals surface area contributed by atoms with Gasteiger partial charge in [0.2, 0.25) is 0 Å². The van der Waals surface area contributed by atoms with Crippen LogP contribution in [0, 0.1) is 0 Å². The van der Waals surface area contributed by atoms with Crippen molar-refractivity contribution in [1.82, 2.24) is 25.2 Å². The van der Waals surface area contributed by atoms with Crippen LogP contribution in [0.15, 0.2) is 6.20 Å². The molecule has 1 aromatic heterocycles. The molecular formula is C9H15N5O. The van der Waals surface area contributed by atoms with Crippen LogP contribution in [-0.4, -0.2) is 58.4 Å². The molecule has 2 heterocycles. The number of ketones is 1. The van der Waals surface area contributed by atoms with Gasteiger partial charge in [-0.25, -0.2) is 0 Å². The Kier molecular flexibility index (Phi) is 3.08. The molecule has 1 saturated heterocycles. The van der Waals surface area contributed by atoms with Crippen LogP contribution in [0.5, 0.6) is 0 Å². The Balaban J connectivity index is 1.91. The van der Waals surface area contributed by atoms with Crippen molar-refractivity contribution in [3.05, 3.63) is 11.9 Å². The molecule has 0 atom stereocenters. The highest BCUT2D eigenvalue weighted by Crippen LogP contribution is 1.98. The largest absolute Gasteiger partial charge is 0.314 e. The summed E-state index contributed by atoms with van der Waals surface area (Å²) in [5.74, 6) is 0.0463. The quantitative estimate of drug-likeness (QED) is 0.640. The molecular weight excluding hydrogens is 194 g/mol. The van der Waals surface area contributed by atoms with E-state index >= 15 is 0 Å². The first-order valence-corrected chi connectivity index (χ1v) is 5.08. The molecule has 0 saturated carbocycles. The second kappa shape index (κ2) is 4.50. The zero-order chi connectivity index (χ0) is 10.7. The van der Waals surface area contributed by atoms with Gasteiger partial charge in [0, 0.05) is 33.2 Å². The fraction of sp³-hybridized carbons (Fsp3) is 0.667. The van der Waals surface area contributed by atoms with E-state index in [1.165, 1.54) is 0 Å². The Hall–Kier alpha value is -1.27. The van der Waals surface area contributed by atoms with Crippen LogP contribution in [0.25, 0.3) is 0 Å². The second-order valence-corrected chi connectivity index (χ2v) is 3.73. The number of rotatable bonds is 3. The normalized spacial score (nSPS) is 17.9. The van der Waals surface area contributed by atoms with Crippen LogP contribution >= 0.6 is 0 Å². The molecule has 0 amide bonds. The molecule has 0 aromatic carbocycles. The van der Waals surface area contributed by atoms with Gasteiger partial charge < -0.3 is 5.32 Å². The highest BCUT2D eigenvalue weighted by atomic mass is 16.1. The molecule has 1 fully saturated rings. The number of nitrogens with one attached hydrogen (secondary N) is 1. The summed E-state index contributed by atoms with van der Waals surface area (Å²) in [6.45, 7) is 4.19. The van der Waals surface area contributed by atoms with E-state index < -0.39 is 0 Å². The molecule has 0 unspecified atom stereocenters. The standard InChI is InChI=1S/C9H15N5O/c1-13-6-8(11-12-13)9(15)7-14-4-2-10-3-5-14/h6,10H,2-5,7H2,1H3. The smallest absolute Gasteiger partial charge is 0.198 e. The molecule has 6 nitrogen and oxygen atoms in total. The van der Waals surface area contributed by atoms with Gasteiger partial charge >= 0.3 is 0 Å². The molecule has 0 bridgehead atoms. The zero-order valence-electron chi connectivity index (χ0n) is 8.81. The fourth-order valence-corrected chi connectivity index (χ4v) is 1.63. The number of nitrogens with zero attached hydrogens (tertiary/aromatic N) is 4. The van der Waals surface area contributed by atoms with Gasteiger partial charge in [-0.1, -0.05) is 5.21 Å². The molecule has 1 N–H and O–H groups in total. The minimum atomic E-state index is 0.0463. The number of hydrogen-bond acceptors (Lipinski definition) is 5. The van der Waals surface area contributed by atoms with E-state index in [0.29, 0.717) is 12.2 Å². The summed E-state index contributed by atoms with van der Waals surface area (Å²) < 4.78 is 1.55. The molecule has 1 aliphatic heterocycles. The third kappa shape index (κ3) is 2.60. The summed E-state index contributed by atoms with van der Waals surface area (Å²) in [5, 5.41) is 10.8. The zero-order valence-corrected chi connectivity index (χ0v) is 8.81. The highest BCUT2D eigenvalue weighted by Gasteiger charge is 2.16. The van der Waals surface area contributed by atoms with E-state index in [2.05, 4.69) is 20.5 Å². The number of aryl methyl sites for hydroxylation is 1. The topological polar surface area (TPSA) is 63.1 Å². The number of carbonyl (C=O) groups excluding carboxylic acids is 1. The Labute approximate surface area is 88.2 Å². The first-order valence-electron chi connectivity index (χ1n) is 5.08. The summed E-state index contributed by atoms with van der Waals surface area (Å²) >= 11 is 0. The van der Waals surface area contributed by atoms with Crippen molar-refractivity contribution in [2.45, 2.75) is 0 Å². The van der Waals surface area contributed by atoms with E-state index in [1.54, 1.807) is 17.9 Å². The molecule has 0 spiro atoms. The molecule has 82 valence electrons. The Morgan fingerprint density at radius 2 is 2.27 bits per heavy atom. The third-order valence-electron chi connectivity index (χ3n) is 2.47. The minimum Gasteiger partial charge on any atom is -0.314 e. The first-order chi connectivity index (χ1) is 7.25. The highest BCUT2D eigenvalue weighted by molar-refractivity contribution is 5.95. The van der Waals surface area contributed by atoms with Gasteiger partial charge in [0.1, 0.15) is 5.69 Å². The lowest BCUT2D eigenvalue weighted by Gasteiger charge is -2.25. The van der Waals surface area contributed by atoms with Crippen molar-refractivity contribution in [1.29, 1.82) is 0 Å². The summed E-state index contributed by atoms with van der Waals surface area (Å²) in [7, 11) is 1.76. The van der Waals surface area contributed by atoms with Gasteiger partial charge in [-0.2, -0.15) is 0 Å². The van der Waals surface area contributed by atoms with E-state index in [4.69, 9.17) is 0 Å². The summed E-state index contributed by atoms with van der Waals surface area (Å²) in [4.78, 5) is 13.9. The molecule has 0 radical (unpaired) electrons. The van der Waals surface area contributed by atoms with Crippen molar-refractivity contribution in [2.24, 2.45) is 7.05 Å². The van der Waals surface area contributed by atoms with Crippen LogP contribution in [0.4, 0.5) is 0 Å². The second-order valence-electron chi connectivity index (χ2n) is 3.73. The van der Waals surface area contributed by atoms with Gasteiger partial charge in [0.15, 0.2) is 5.78 Å². The summed E-state index contributed by atoms with van der Waals surface area (Å²) in [5.41, 5.74) is 0.455. The van der Waals surface area contributed by atoms with Crippen molar-refractivity contribution < 1.29 is 4.79 Å². The molecule has 1 aromatic rings. The Morgan fingerprint density at radius 1 is 1.53 bits per heavy atom. The predicted octanol–water partition coefficient (Wildman–Crippen LogP) is -1.10. The molecule has 2 rings (SSSR count). The van der Waals surface area contributed by atoms with Gasteiger partial charge in [0.25, 0.3) is 0 Å². The van der Waals surface area contributed by atoms with Crippen molar-refractivity contribution in [2.75, 3.05) is 32.7 Å². The van der Waals surface area contributed by atoms with Gasteiger partial charge in [0.05, 0.1) is 12.7 Å². The number of piperazine rings is 1. The number of carbonyl (C=O) groups is 1. The van der Waals surface area contributed by atoms with E-state index in [9.17, 15) is 4.79 Å². The van der Waals surface area contributed by atoms with E-state index in [1.807, 2.05) is 0 Å². The van der Waals surface area contributed by atoms with Crippen LogP contribution in [0.1, 0.15) is 10.5 Å². The maximum Gasteiger partial charge on any atom is 0.198 e. The maximum absolute atomic E-state index is 11.7. The van der Waals surface area contributed by atoms with Crippen LogP contribution < -0.4 is 5.32 Å². The Bertz CT molecular complexity index is 342. The molecule has 0 aliphatic carbocycles. The van der Waals surface area contributed by atoms with E-state index in [-0.39, 0.29) is 5.78 Å². The lowest BCUT2D eigenvalue weighted by molar-refractivity contribution is 0.0916. The third-order valence-corrected chi connectivity index (χ3v) is 2.47. The van der Waals surface area contributed by atoms with Crippen molar-refractivity contribution in [3.8, 4) is 0 Å². The summed E-state index contributed by atoms with van der Waals surface area (Å²) in [6.07, 6.45) is 1.66. The first kappa shape index (κ1) is 10.3. The number of hydrogen-bond donors (Lipinski definition) is 1. The predicted molar refractivity (Wildman–Crippen MR) is 54.6 cm³/mol. The van der Waals surface area contributed by atoms with Crippen molar-refractivity contribution >= 4 is 5.78 Å². The van der Waals surface area contributed by atoms with Crippen LogP contribution in [0.3, 0.4) is 0 Å². The molecule has 15 heavy (non-hydrogen) atoms. The minimum absolute atomic E-state index is 0.0463. The lowest BCUT2D eigenvalue weighted by Crippen LogP contribution is -2.45. The number of Topliss-reactive ketones (excluding diaryl/α,β-unsaturated/α-hetero) is 1. The van der Waals surface area contributed by atoms with Gasteiger partial charge in [-0.3, -0.25) is 14.4 Å². The molecule has 6 heteroatoms. The summed E-state index contributed by atoms with van der Waals surface area (Å²) in [6, 6.07) is 0. The Morgan fingerprint density at radius 3 is 2.87 bits per heavy atom. The SMILES string of the molecule is Cn1cc(C(=O)CN2CCNCC2)nn1. The van der Waals surface area contributed by atoms with Crippen molar-refractivity contribution in [3.63, 3.8) is 0 Å². The number of aromatic nitrogens is 3. The average Bonchev–Trinajstić information content (AvgIpc) is 2.66. The average molecular weight is 209 g/mol. The van der Waals surface area contributed by atoms with Crippen LogP contribution in [-0.2, 0) is 7.05 Å². The fourth-order valence-electron chi connectivity index (χ4n) is 1.63. The molecule has 1 aliphatic rings. The maximum atomic E-state index is 11.7. The van der Waals surface area contributed by atoms with Gasteiger partial charge in [-0.05, 0) is 0 Å². The monoisotopic (exact) mass is 209 g/mol. The van der Waals surface area contributed by atoms with Gasteiger partial charge in [-0.15, -0.1) is 5.10 Å². The van der Waals surface area contributed by atoms with Crippen LogP contribution in [0.2, 0.25) is 0 Å². The van der Waals surface area contributed by atoms with E-state index in [0.717, 1.165) is 26.2 Å².